The zero-order chi connectivity index (χ0) is 14.3. The van der Waals surface area contributed by atoms with Crippen molar-refractivity contribution < 1.29 is 14.3 Å². The Kier molecular flexibility index (Phi) is 6.33. The van der Waals surface area contributed by atoms with E-state index in [1.54, 1.807) is 13.0 Å². The molecule has 1 unspecified atom stereocenters. The molecule has 0 amide bonds. The van der Waals surface area contributed by atoms with Crippen LogP contribution in [-0.2, 0) is 14.3 Å². The maximum atomic E-state index is 10.7. The monoisotopic (exact) mass is 280 g/mol. The van der Waals surface area contributed by atoms with Crippen molar-refractivity contribution in [2.24, 2.45) is 0 Å². The van der Waals surface area contributed by atoms with Gasteiger partial charge in [0.15, 0.2) is 0 Å². The minimum Gasteiger partial charge on any atom is -0.459 e. The lowest BCUT2D eigenvalue weighted by Crippen LogP contribution is -2.09. The van der Waals surface area contributed by atoms with Gasteiger partial charge in [0.2, 0.25) is 0 Å². The first kappa shape index (κ1) is 15.5. The molecule has 19 heavy (non-hydrogen) atoms. The van der Waals surface area contributed by atoms with Gasteiger partial charge in [-0.2, -0.15) is 0 Å². The lowest BCUT2D eigenvalue weighted by molar-refractivity contribution is -0.139. The van der Waals surface area contributed by atoms with Crippen LogP contribution in [0.25, 0.3) is 6.08 Å². The maximum absolute atomic E-state index is 10.7. The van der Waals surface area contributed by atoms with Gasteiger partial charge in [0.05, 0.1) is 6.61 Å². The quantitative estimate of drug-likeness (QED) is 0.481. The highest BCUT2D eigenvalue weighted by molar-refractivity contribution is 6.30. The molecule has 102 valence electrons. The minimum absolute atomic E-state index is 0.142. The van der Waals surface area contributed by atoms with Gasteiger partial charge in [-0.15, -0.1) is 0 Å². The van der Waals surface area contributed by atoms with Crippen LogP contribution in [0.1, 0.15) is 12.5 Å². The normalized spacial score (nSPS) is 15.8. The maximum Gasteiger partial charge on any atom is 0.333 e. The zero-order valence-corrected chi connectivity index (χ0v) is 11.7. The minimum atomic E-state index is -0.337. The average Bonchev–Trinajstić information content (AvgIpc) is 3.20. The van der Waals surface area contributed by atoms with Crippen molar-refractivity contribution >= 4 is 23.6 Å². The molecule has 0 saturated carbocycles. The van der Waals surface area contributed by atoms with Crippen molar-refractivity contribution in [3.05, 3.63) is 53.6 Å². The Morgan fingerprint density at radius 3 is 2.74 bits per heavy atom. The molecule has 4 heteroatoms. The third kappa shape index (κ3) is 6.79. The SMILES string of the molecule is C=C(C)C(=O)OCC1CO1.C=Cc1cccc(Cl)c1. The summed E-state index contributed by atoms with van der Waals surface area (Å²) in [5.74, 6) is -0.337. The highest BCUT2D eigenvalue weighted by Gasteiger charge is 2.24. The van der Waals surface area contributed by atoms with Crippen LogP contribution in [0, 0.1) is 0 Å². The van der Waals surface area contributed by atoms with Crippen LogP contribution in [0.2, 0.25) is 5.02 Å². The Morgan fingerprint density at radius 2 is 2.32 bits per heavy atom. The van der Waals surface area contributed by atoms with Crippen molar-refractivity contribution in [2.45, 2.75) is 13.0 Å². The van der Waals surface area contributed by atoms with Crippen molar-refractivity contribution in [3.63, 3.8) is 0 Å². The zero-order valence-electron chi connectivity index (χ0n) is 10.9. The molecule has 1 aliphatic rings. The van der Waals surface area contributed by atoms with E-state index in [2.05, 4.69) is 13.2 Å². The van der Waals surface area contributed by atoms with Gasteiger partial charge in [-0.1, -0.05) is 43.0 Å². The molecule has 1 atom stereocenters. The Labute approximate surface area is 118 Å². The van der Waals surface area contributed by atoms with Gasteiger partial charge in [0.1, 0.15) is 12.7 Å². The molecule has 0 bridgehead atoms. The summed E-state index contributed by atoms with van der Waals surface area (Å²) in [4.78, 5) is 10.7. The predicted molar refractivity (Wildman–Crippen MR) is 77.1 cm³/mol. The summed E-state index contributed by atoms with van der Waals surface area (Å²) in [5.41, 5.74) is 1.49. The highest BCUT2D eigenvalue weighted by Crippen LogP contribution is 2.10. The summed E-state index contributed by atoms with van der Waals surface area (Å²) in [5, 5.41) is 0.757. The van der Waals surface area contributed by atoms with Crippen LogP contribution in [0.4, 0.5) is 0 Å². The van der Waals surface area contributed by atoms with Crippen LogP contribution < -0.4 is 0 Å². The number of halogens is 1. The fourth-order valence-electron chi connectivity index (χ4n) is 1.09. The van der Waals surface area contributed by atoms with Crippen LogP contribution in [0.3, 0.4) is 0 Å². The predicted octanol–water partition coefficient (Wildman–Crippen LogP) is 3.49. The van der Waals surface area contributed by atoms with Gasteiger partial charge in [-0.3, -0.25) is 0 Å². The van der Waals surface area contributed by atoms with Gasteiger partial charge in [-0.05, 0) is 24.6 Å². The summed E-state index contributed by atoms with van der Waals surface area (Å²) >= 11 is 5.68. The third-order valence-electron chi connectivity index (χ3n) is 2.24. The molecule has 1 aromatic rings. The topological polar surface area (TPSA) is 38.8 Å². The van der Waals surface area contributed by atoms with Crippen LogP contribution >= 0.6 is 11.6 Å². The molecule has 1 heterocycles. The third-order valence-corrected chi connectivity index (χ3v) is 2.47. The molecular formula is C15H17ClO3. The van der Waals surface area contributed by atoms with Gasteiger partial charge in [0.25, 0.3) is 0 Å². The van der Waals surface area contributed by atoms with Crippen molar-refractivity contribution in [2.75, 3.05) is 13.2 Å². The molecule has 2 rings (SSSR count). The Bertz CT molecular complexity index is 464. The number of esters is 1. The van der Waals surface area contributed by atoms with E-state index >= 15 is 0 Å². The summed E-state index contributed by atoms with van der Waals surface area (Å²) in [7, 11) is 0. The first-order chi connectivity index (χ1) is 9.02. The number of ether oxygens (including phenoxy) is 2. The number of epoxide rings is 1. The van der Waals surface area contributed by atoms with E-state index in [0.29, 0.717) is 18.8 Å². The van der Waals surface area contributed by atoms with Gasteiger partial charge < -0.3 is 9.47 Å². The number of hydrogen-bond donors (Lipinski definition) is 0. The van der Waals surface area contributed by atoms with E-state index < -0.39 is 0 Å². The molecule has 0 aliphatic carbocycles. The van der Waals surface area contributed by atoms with E-state index in [1.807, 2.05) is 24.3 Å². The van der Waals surface area contributed by atoms with Crippen molar-refractivity contribution in [1.82, 2.24) is 0 Å². The molecule has 1 aliphatic heterocycles. The molecule has 1 aromatic carbocycles. The second-order valence-corrected chi connectivity index (χ2v) is 4.53. The molecule has 0 N–H and O–H groups in total. The van der Waals surface area contributed by atoms with Crippen molar-refractivity contribution in [3.8, 4) is 0 Å². The largest absolute Gasteiger partial charge is 0.459 e. The second kappa shape index (κ2) is 7.77. The van der Waals surface area contributed by atoms with E-state index in [4.69, 9.17) is 21.1 Å². The first-order valence-electron chi connectivity index (χ1n) is 5.85. The number of hydrogen-bond acceptors (Lipinski definition) is 3. The lowest BCUT2D eigenvalue weighted by atomic mass is 10.2. The van der Waals surface area contributed by atoms with E-state index in [-0.39, 0.29) is 12.1 Å². The Morgan fingerprint density at radius 1 is 1.63 bits per heavy atom. The molecular weight excluding hydrogens is 264 g/mol. The van der Waals surface area contributed by atoms with Crippen LogP contribution in [-0.4, -0.2) is 25.3 Å². The summed E-state index contributed by atoms with van der Waals surface area (Å²) in [6, 6.07) is 7.57. The summed E-state index contributed by atoms with van der Waals surface area (Å²) in [6.07, 6.45) is 1.91. The molecule has 0 spiro atoms. The highest BCUT2D eigenvalue weighted by atomic mass is 35.5. The van der Waals surface area contributed by atoms with E-state index in [0.717, 1.165) is 10.6 Å². The molecule has 0 radical (unpaired) electrons. The van der Waals surface area contributed by atoms with E-state index in [9.17, 15) is 4.79 Å². The van der Waals surface area contributed by atoms with Gasteiger partial charge >= 0.3 is 5.97 Å². The Hall–Kier alpha value is -1.58. The first-order valence-corrected chi connectivity index (χ1v) is 6.23. The number of rotatable bonds is 4. The van der Waals surface area contributed by atoms with Crippen molar-refractivity contribution in [1.29, 1.82) is 0 Å². The van der Waals surface area contributed by atoms with Gasteiger partial charge in [0, 0.05) is 10.6 Å². The van der Waals surface area contributed by atoms with Crippen LogP contribution in [0.5, 0.6) is 0 Å². The molecule has 1 fully saturated rings. The molecule has 3 nitrogen and oxygen atoms in total. The number of carbonyl (C=O) groups excluding carboxylic acids is 1. The molecule has 0 aromatic heterocycles. The summed E-state index contributed by atoms with van der Waals surface area (Å²) in [6.45, 7) is 9.75. The fourth-order valence-corrected chi connectivity index (χ4v) is 1.29. The number of carbonyl (C=O) groups is 1. The average molecular weight is 281 g/mol. The smallest absolute Gasteiger partial charge is 0.333 e. The van der Waals surface area contributed by atoms with E-state index in [1.165, 1.54) is 0 Å². The lowest BCUT2D eigenvalue weighted by Gasteiger charge is -1.99. The second-order valence-electron chi connectivity index (χ2n) is 4.09. The molecule has 1 saturated heterocycles. The standard InChI is InChI=1S/C8H7Cl.C7H10O3/c1-2-7-4-3-5-8(9)6-7;1-5(2)7(8)10-4-6-3-9-6/h2-6H,1H2;6H,1,3-4H2,2H3. The van der Waals surface area contributed by atoms with Gasteiger partial charge in [-0.25, -0.2) is 4.79 Å². The fraction of sp³-hybridized carbons (Fsp3) is 0.267. The Balaban J connectivity index is 0.000000191. The van der Waals surface area contributed by atoms with Crippen LogP contribution in [0.15, 0.2) is 43.0 Å². The number of benzene rings is 1. The summed E-state index contributed by atoms with van der Waals surface area (Å²) < 4.78 is 9.60.